The van der Waals surface area contributed by atoms with Crippen LogP contribution in [0.2, 0.25) is 0 Å². The van der Waals surface area contributed by atoms with Gasteiger partial charge in [0.25, 0.3) is 5.91 Å². The molecule has 2 amide bonds. The number of β-lactam (4-membered cyclic amide) rings is 1. The lowest BCUT2D eigenvalue weighted by molar-refractivity contribution is -0.147. The zero-order valence-electron chi connectivity index (χ0n) is 17.7. The number of rotatable bonds is 5. The fourth-order valence-corrected chi connectivity index (χ4v) is 5.08. The average Bonchev–Trinajstić information content (AvgIpc) is 2.79. The quantitative estimate of drug-likeness (QED) is 0.726. The first kappa shape index (κ1) is 19.7. The van der Waals surface area contributed by atoms with E-state index in [4.69, 9.17) is 4.74 Å². The van der Waals surface area contributed by atoms with Crippen LogP contribution in [-0.4, -0.2) is 48.6 Å². The van der Waals surface area contributed by atoms with Crippen molar-refractivity contribution >= 4 is 23.2 Å². The molecule has 7 nitrogen and oxygen atoms in total. The van der Waals surface area contributed by atoms with Gasteiger partial charge >= 0.3 is 0 Å². The Hall–Kier alpha value is -3.22. The maximum atomic E-state index is 13.5. The number of para-hydroxylation sites is 2. The van der Waals surface area contributed by atoms with E-state index < -0.39 is 6.04 Å². The van der Waals surface area contributed by atoms with E-state index in [2.05, 4.69) is 10.2 Å². The molecular formula is C24H27N3O4. The summed E-state index contributed by atoms with van der Waals surface area (Å²) in [6, 6.07) is 8.26. The number of nitrogens with one attached hydrogen (secondary N) is 1. The van der Waals surface area contributed by atoms with E-state index >= 15 is 0 Å². The lowest BCUT2D eigenvalue weighted by atomic mass is 9.86. The van der Waals surface area contributed by atoms with Gasteiger partial charge in [0.05, 0.1) is 12.8 Å². The molecule has 2 aromatic rings. The summed E-state index contributed by atoms with van der Waals surface area (Å²) in [5.74, 6) is 0.284. The molecule has 3 heterocycles. The molecule has 0 unspecified atom stereocenters. The predicted molar refractivity (Wildman–Crippen MR) is 118 cm³/mol. The van der Waals surface area contributed by atoms with Crippen molar-refractivity contribution in [2.45, 2.75) is 38.1 Å². The Bertz CT molecular complexity index is 1050. The van der Waals surface area contributed by atoms with Crippen LogP contribution in [0, 0.1) is 0 Å². The van der Waals surface area contributed by atoms with Crippen LogP contribution in [0.25, 0.3) is 0 Å². The molecule has 7 heteroatoms. The number of aromatic hydroxyl groups is 1. The standard InChI is InChI=1S/C24H27N3O4/c1-31-19-9-3-2-8-18(19)25-24(30)22(27-13-10-20(27)28)17-14-15-6-4-11-26-12-5-7-16(21(15)26)23(17)29/h2-3,8-9,14,22,29H,4-7,10-13H2,1H3,(H,25,30)/t22-/m1/s1. The van der Waals surface area contributed by atoms with Crippen molar-refractivity contribution in [3.8, 4) is 11.5 Å². The molecule has 3 aliphatic rings. The Balaban J connectivity index is 1.57. The maximum absolute atomic E-state index is 13.5. The molecule has 2 aromatic carbocycles. The van der Waals surface area contributed by atoms with Crippen molar-refractivity contribution < 1.29 is 19.4 Å². The molecule has 1 atom stereocenters. The molecule has 3 aliphatic heterocycles. The highest BCUT2D eigenvalue weighted by Crippen LogP contribution is 2.45. The van der Waals surface area contributed by atoms with E-state index in [0.29, 0.717) is 30.0 Å². The van der Waals surface area contributed by atoms with Gasteiger partial charge in [-0.05, 0) is 49.4 Å². The van der Waals surface area contributed by atoms with Crippen molar-refractivity contribution in [3.05, 3.63) is 47.0 Å². The van der Waals surface area contributed by atoms with E-state index in [1.807, 2.05) is 18.2 Å². The normalized spacial score (nSPS) is 18.2. The second kappa shape index (κ2) is 7.80. The lowest BCUT2D eigenvalue weighted by Crippen LogP contribution is -2.49. The van der Waals surface area contributed by atoms with Crippen LogP contribution in [0.4, 0.5) is 11.4 Å². The molecule has 0 spiro atoms. The van der Waals surface area contributed by atoms with Crippen molar-refractivity contribution in [2.24, 2.45) is 0 Å². The van der Waals surface area contributed by atoms with Crippen molar-refractivity contribution in [2.75, 3.05) is 37.0 Å². The Morgan fingerprint density at radius 2 is 1.90 bits per heavy atom. The number of anilines is 2. The Kier molecular flexibility index (Phi) is 4.96. The lowest BCUT2D eigenvalue weighted by Gasteiger charge is -2.41. The number of methoxy groups -OCH3 is 1. The van der Waals surface area contributed by atoms with E-state index in [0.717, 1.165) is 55.6 Å². The van der Waals surface area contributed by atoms with Crippen LogP contribution in [-0.2, 0) is 22.4 Å². The summed E-state index contributed by atoms with van der Waals surface area (Å²) >= 11 is 0. The largest absolute Gasteiger partial charge is 0.507 e. The molecule has 5 rings (SSSR count). The van der Waals surface area contributed by atoms with Crippen LogP contribution in [0.3, 0.4) is 0 Å². The van der Waals surface area contributed by atoms with Crippen molar-refractivity contribution in [1.82, 2.24) is 4.90 Å². The number of carbonyl (C=O) groups excluding carboxylic acids is 2. The summed E-state index contributed by atoms with van der Waals surface area (Å²) in [7, 11) is 1.55. The van der Waals surface area contributed by atoms with Crippen LogP contribution in [0.15, 0.2) is 30.3 Å². The number of phenolic OH excluding ortho intramolecular Hbond substituents is 1. The number of aryl methyl sites for hydroxylation is 1. The number of ether oxygens (including phenoxy) is 1. The van der Waals surface area contributed by atoms with Gasteiger partial charge in [0, 0.05) is 42.9 Å². The molecule has 0 radical (unpaired) electrons. The molecule has 31 heavy (non-hydrogen) atoms. The second-order valence-electron chi connectivity index (χ2n) is 8.42. The van der Waals surface area contributed by atoms with Crippen LogP contribution in [0.1, 0.15) is 42.0 Å². The Labute approximate surface area is 181 Å². The monoisotopic (exact) mass is 421 g/mol. The van der Waals surface area contributed by atoms with Crippen LogP contribution >= 0.6 is 0 Å². The van der Waals surface area contributed by atoms with Crippen LogP contribution in [0.5, 0.6) is 11.5 Å². The third-order valence-electron chi connectivity index (χ3n) is 6.63. The molecule has 0 aromatic heterocycles. The van der Waals surface area contributed by atoms with Crippen LogP contribution < -0.4 is 15.0 Å². The summed E-state index contributed by atoms with van der Waals surface area (Å²) < 4.78 is 5.36. The number of hydrogen-bond acceptors (Lipinski definition) is 5. The highest BCUT2D eigenvalue weighted by Gasteiger charge is 2.40. The average molecular weight is 421 g/mol. The molecule has 0 saturated carbocycles. The van der Waals surface area contributed by atoms with Gasteiger partial charge in [-0.3, -0.25) is 9.59 Å². The van der Waals surface area contributed by atoms with E-state index in [1.165, 1.54) is 0 Å². The fourth-order valence-electron chi connectivity index (χ4n) is 5.08. The minimum Gasteiger partial charge on any atom is -0.507 e. The number of amides is 2. The topological polar surface area (TPSA) is 82.1 Å². The second-order valence-corrected chi connectivity index (χ2v) is 8.42. The molecule has 2 N–H and O–H groups in total. The van der Waals surface area contributed by atoms with Gasteiger partial charge in [0.1, 0.15) is 17.5 Å². The molecule has 162 valence electrons. The molecule has 1 fully saturated rings. The van der Waals surface area contributed by atoms with Gasteiger partial charge in [-0.1, -0.05) is 12.1 Å². The third-order valence-corrected chi connectivity index (χ3v) is 6.63. The highest BCUT2D eigenvalue weighted by atomic mass is 16.5. The fraction of sp³-hybridized carbons (Fsp3) is 0.417. The first-order valence-corrected chi connectivity index (χ1v) is 10.9. The molecule has 0 bridgehead atoms. The van der Waals surface area contributed by atoms with Gasteiger partial charge in [-0.2, -0.15) is 0 Å². The SMILES string of the molecule is COc1ccccc1NC(=O)[C@@H](c1cc2c3c(c1O)CCCN3CCC2)N1CCC1=O. The third kappa shape index (κ3) is 3.28. The van der Waals surface area contributed by atoms with Gasteiger partial charge < -0.3 is 25.0 Å². The Morgan fingerprint density at radius 1 is 1.13 bits per heavy atom. The molecule has 0 aliphatic carbocycles. The van der Waals surface area contributed by atoms with E-state index in [1.54, 1.807) is 24.1 Å². The Morgan fingerprint density at radius 3 is 2.61 bits per heavy atom. The highest BCUT2D eigenvalue weighted by molar-refractivity contribution is 6.00. The van der Waals surface area contributed by atoms with Gasteiger partial charge in [0.15, 0.2) is 0 Å². The van der Waals surface area contributed by atoms with E-state index in [-0.39, 0.29) is 17.6 Å². The number of hydrogen-bond donors (Lipinski definition) is 2. The van der Waals surface area contributed by atoms with Gasteiger partial charge in [-0.15, -0.1) is 0 Å². The first-order chi connectivity index (χ1) is 15.1. The number of carbonyl (C=O) groups is 2. The number of likely N-dealkylation sites (tertiary alicyclic amines) is 1. The van der Waals surface area contributed by atoms with E-state index in [9.17, 15) is 14.7 Å². The smallest absolute Gasteiger partial charge is 0.252 e. The van der Waals surface area contributed by atoms with Gasteiger partial charge in [0.2, 0.25) is 5.91 Å². The number of phenols is 1. The minimum absolute atomic E-state index is 0.0763. The summed E-state index contributed by atoms with van der Waals surface area (Å²) in [4.78, 5) is 29.8. The summed E-state index contributed by atoms with van der Waals surface area (Å²) in [5.41, 5.74) is 4.28. The first-order valence-electron chi connectivity index (χ1n) is 10.9. The van der Waals surface area contributed by atoms with Crippen molar-refractivity contribution in [3.63, 3.8) is 0 Å². The predicted octanol–water partition coefficient (Wildman–Crippen LogP) is 3.01. The number of nitrogens with zero attached hydrogens (tertiary/aromatic N) is 2. The van der Waals surface area contributed by atoms with Gasteiger partial charge in [-0.25, -0.2) is 0 Å². The summed E-state index contributed by atoms with van der Waals surface area (Å²) in [5, 5.41) is 14.2. The summed E-state index contributed by atoms with van der Waals surface area (Å²) in [6.07, 6.45) is 4.15. The summed E-state index contributed by atoms with van der Waals surface area (Å²) in [6.45, 7) is 2.50. The zero-order chi connectivity index (χ0) is 21.5. The number of benzene rings is 2. The molecule has 1 saturated heterocycles. The molecular weight excluding hydrogens is 394 g/mol. The van der Waals surface area contributed by atoms with Crippen molar-refractivity contribution in [1.29, 1.82) is 0 Å². The minimum atomic E-state index is -0.870. The zero-order valence-corrected chi connectivity index (χ0v) is 17.7. The maximum Gasteiger partial charge on any atom is 0.252 e.